The molecule has 5 nitrogen and oxygen atoms in total. The van der Waals surface area contributed by atoms with Gasteiger partial charge in [-0.15, -0.1) is 35.3 Å². The molecule has 0 bridgehead atoms. The minimum atomic E-state index is 0. The van der Waals surface area contributed by atoms with Crippen LogP contribution in [0, 0.1) is 6.92 Å². The van der Waals surface area contributed by atoms with E-state index in [1.54, 1.807) is 11.3 Å². The van der Waals surface area contributed by atoms with Gasteiger partial charge >= 0.3 is 0 Å². The molecule has 1 aliphatic rings. The van der Waals surface area contributed by atoms with Crippen LogP contribution in [0.25, 0.3) is 0 Å². The molecule has 0 saturated carbocycles. The minimum Gasteiger partial charge on any atom is -0.355 e. The predicted molar refractivity (Wildman–Crippen MR) is 116 cm³/mol. The standard InChI is InChI=1S/C17H31N5S.HI/c1-5-21-7-9-22(10-8-21)15(3)12-19-17(18-4)20-13-16-14(2)6-11-23-16;/h6,11,15H,5,7-10,12-13H2,1-4H3,(H2,18,19,20);1H. The van der Waals surface area contributed by atoms with Crippen molar-refractivity contribution in [3.05, 3.63) is 21.9 Å². The van der Waals surface area contributed by atoms with Crippen LogP contribution in [-0.4, -0.2) is 68.1 Å². The number of thiophene rings is 1. The molecule has 1 unspecified atom stereocenters. The number of hydrogen-bond acceptors (Lipinski definition) is 4. The van der Waals surface area contributed by atoms with Crippen molar-refractivity contribution in [2.75, 3.05) is 46.3 Å². The van der Waals surface area contributed by atoms with Gasteiger partial charge < -0.3 is 15.5 Å². The van der Waals surface area contributed by atoms with E-state index in [9.17, 15) is 0 Å². The van der Waals surface area contributed by atoms with Crippen molar-refractivity contribution in [1.82, 2.24) is 20.4 Å². The maximum absolute atomic E-state index is 4.33. The number of nitrogens with zero attached hydrogens (tertiary/aromatic N) is 3. The molecule has 138 valence electrons. The van der Waals surface area contributed by atoms with Gasteiger partial charge in [-0.1, -0.05) is 6.92 Å². The second-order valence-electron chi connectivity index (χ2n) is 6.15. The predicted octanol–water partition coefficient (Wildman–Crippen LogP) is 2.37. The Morgan fingerprint density at radius 3 is 2.54 bits per heavy atom. The molecular formula is C17H32IN5S. The van der Waals surface area contributed by atoms with Gasteiger partial charge in [0, 0.05) is 50.7 Å². The largest absolute Gasteiger partial charge is 0.355 e. The average Bonchev–Trinajstić information content (AvgIpc) is 3.00. The van der Waals surface area contributed by atoms with E-state index in [-0.39, 0.29) is 24.0 Å². The zero-order valence-corrected chi connectivity index (χ0v) is 18.5. The van der Waals surface area contributed by atoms with Crippen LogP contribution in [0.4, 0.5) is 0 Å². The summed E-state index contributed by atoms with van der Waals surface area (Å²) in [6, 6.07) is 2.69. The van der Waals surface area contributed by atoms with Crippen LogP contribution in [0.3, 0.4) is 0 Å². The molecule has 1 atom stereocenters. The summed E-state index contributed by atoms with van der Waals surface area (Å²) in [4.78, 5) is 10.8. The molecule has 2 N–H and O–H groups in total. The number of nitrogens with one attached hydrogen (secondary N) is 2. The molecule has 0 amide bonds. The van der Waals surface area contributed by atoms with Crippen molar-refractivity contribution in [2.45, 2.75) is 33.4 Å². The van der Waals surface area contributed by atoms with Crippen molar-refractivity contribution in [3.63, 3.8) is 0 Å². The van der Waals surface area contributed by atoms with E-state index in [2.05, 4.69) is 57.6 Å². The molecule has 1 saturated heterocycles. The maximum atomic E-state index is 4.33. The summed E-state index contributed by atoms with van der Waals surface area (Å²) in [5.74, 6) is 0.886. The molecule has 2 rings (SSSR count). The van der Waals surface area contributed by atoms with Crippen molar-refractivity contribution in [2.24, 2.45) is 4.99 Å². The molecule has 1 aromatic rings. The maximum Gasteiger partial charge on any atom is 0.191 e. The van der Waals surface area contributed by atoms with Gasteiger partial charge in [0.05, 0.1) is 6.54 Å². The monoisotopic (exact) mass is 465 g/mol. The lowest BCUT2D eigenvalue weighted by Gasteiger charge is -2.37. The first-order valence-corrected chi connectivity index (χ1v) is 9.46. The third-order valence-electron chi connectivity index (χ3n) is 4.65. The normalized spacial score (nSPS) is 18.1. The molecule has 1 aromatic heterocycles. The lowest BCUT2D eigenvalue weighted by atomic mass is 10.2. The summed E-state index contributed by atoms with van der Waals surface area (Å²) in [5.41, 5.74) is 1.35. The number of aryl methyl sites for hydroxylation is 1. The number of likely N-dealkylation sites (N-methyl/N-ethyl adjacent to an activating group) is 1. The first-order valence-electron chi connectivity index (χ1n) is 8.58. The molecule has 1 aliphatic heterocycles. The molecule has 1 fully saturated rings. The lowest BCUT2D eigenvalue weighted by Crippen LogP contribution is -2.53. The van der Waals surface area contributed by atoms with Gasteiger partial charge in [-0.25, -0.2) is 0 Å². The number of rotatable bonds is 6. The fourth-order valence-electron chi connectivity index (χ4n) is 2.86. The Morgan fingerprint density at radius 1 is 1.29 bits per heavy atom. The van der Waals surface area contributed by atoms with Crippen LogP contribution >= 0.6 is 35.3 Å². The summed E-state index contributed by atoms with van der Waals surface area (Å²) < 4.78 is 0. The molecule has 24 heavy (non-hydrogen) atoms. The second-order valence-corrected chi connectivity index (χ2v) is 7.15. The molecule has 0 aromatic carbocycles. The summed E-state index contributed by atoms with van der Waals surface area (Å²) in [5, 5.41) is 9.01. The van der Waals surface area contributed by atoms with Crippen LogP contribution in [0.5, 0.6) is 0 Å². The Bertz CT molecular complexity index is 497. The molecular weight excluding hydrogens is 433 g/mol. The number of piperazine rings is 1. The SMILES string of the molecule is CCN1CCN(C(C)CNC(=NC)NCc2sccc2C)CC1.I. The Morgan fingerprint density at radius 2 is 2.00 bits per heavy atom. The third kappa shape index (κ3) is 6.50. The number of halogens is 1. The summed E-state index contributed by atoms with van der Waals surface area (Å²) in [6.07, 6.45) is 0. The van der Waals surface area contributed by atoms with Gasteiger partial charge in [-0.2, -0.15) is 0 Å². The number of aliphatic imine (C=N–C) groups is 1. The highest BCUT2D eigenvalue weighted by Crippen LogP contribution is 2.14. The minimum absolute atomic E-state index is 0. The van der Waals surface area contributed by atoms with E-state index in [0.29, 0.717) is 6.04 Å². The first kappa shape index (κ1) is 21.7. The van der Waals surface area contributed by atoms with Crippen molar-refractivity contribution < 1.29 is 0 Å². The van der Waals surface area contributed by atoms with Crippen LogP contribution < -0.4 is 10.6 Å². The Hall–Kier alpha value is -0.380. The molecule has 0 aliphatic carbocycles. The highest BCUT2D eigenvalue weighted by atomic mass is 127. The van der Waals surface area contributed by atoms with Gasteiger partial charge in [0.2, 0.25) is 0 Å². The molecule has 7 heteroatoms. The van der Waals surface area contributed by atoms with E-state index >= 15 is 0 Å². The first-order chi connectivity index (χ1) is 11.1. The van der Waals surface area contributed by atoms with Gasteiger partial charge in [0.25, 0.3) is 0 Å². The van der Waals surface area contributed by atoms with Gasteiger partial charge in [-0.3, -0.25) is 9.89 Å². The van der Waals surface area contributed by atoms with E-state index < -0.39 is 0 Å². The lowest BCUT2D eigenvalue weighted by molar-refractivity contribution is 0.107. The van der Waals surface area contributed by atoms with E-state index in [4.69, 9.17) is 0 Å². The van der Waals surface area contributed by atoms with Crippen LogP contribution in [0.1, 0.15) is 24.3 Å². The summed E-state index contributed by atoms with van der Waals surface area (Å²) >= 11 is 1.79. The van der Waals surface area contributed by atoms with Crippen LogP contribution in [0.15, 0.2) is 16.4 Å². The number of guanidine groups is 1. The molecule has 2 heterocycles. The quantitative estimate of drug-likeness (QED) is 0.385. The average molecular weight is 465 g/mol. The highest BCUT2D eigenvalue weighted by molar-refractivity contribution is 14.0. The zero-order chi connectivity index (χ0) is 16.7. The van der Waals surface area contributed by atoms with Crippen LogP contribution in [0.2, 0.25) is 0 Å². The van der Waals surface area contributed by atoms with Gasteiger partial charge in [0.1, 0.15) is 0 Å². The van der Waals surface area contributed by atoms with Crippen molar-refractivity contribution in [3.8, 4) is 0 Å². The summed E-state index contributed by atoms with van der Waals surface area (Å²) in [6.45, 7) is 14.3. The number of hydrogen-bond donors (Lipinski definition) is 2. The molecule has 0 radical (unpaired) electrons. The summed E-state index contributed by atoms with van der Waals surface area (Å²) in [7, 11) is 1.83. The van der Waals surface area contributed by atoms with Crippen LogP contribution in [-0.2, 0) is 6.54 Å². The van der Waals surface area contributed by atoms with E-state index in [1.165, 1.54) is 30.1 Å². The fourth-order valence-corrected chi connectivity index (χ4v) is 3.71. The van der Waals surface area contributed by atoms with Gasteiger partial charge in [0.15, 0.2) is 5.96 Å². The third-order valence-corrected chi connectivity index (χ3v) is 5.67. The highest BCUT2D eigenvalue weighted by Gasteiger charge is 2.20. The fraction of sp³-hybridized carbons (Fsp3) is 0.706. The Labute approximate surface area is 167 Å². The topological polar surface area (TPSA) is 42.9 Å². The zero-order valence-electron chi connectivity index (χ0n) is 15.3. The second kappa shape index (κ2) is 11.3. The van der Waals surface area contributed by atoms with Gasteiger partial charge in [-0.05, 0) is 37.4 Å². The smallest absolute Gasteiger partial charge is 0.191 e. The van der Waals surface area contributed by atoms with E-state index in [1.807, 2.05) is 7.05 Å². The van der Waals surface area contributed by atoms with Crippen molar-refractivity contribution >= 4 is 41.3 Å². The van der Waals surface area contributed by atoms with Crippen molar-refractivity contribution in [1.29, 1.82) is 0 Å². The Balaban J connectivity index is 0.00000288. The Kier molecular flexibility index (Phi) is 10.2. The molecule has 0 spiro atoms. The van der Waals surface area contributed by atoms with E-state index in [0.717, 1.165) is 32.1 Å².